The molecule has 2 aromatic rings. The van der Waals surface area contributed by atoms with Gasteiger partial charge < -0.3 is 10.2 Å². The summed E-state index contributed by atoms with van der Waals surface area (Å²) in [5.41, 5.74) is 2.63. The minimum atomic E-state index is -0.307. The fourth-order valence-corrected chi connectivity index (χ4v) is 4.10. The Balaban J connectivity index is 1.58. The predicted molar refractivity (Wildman–Crippen MR) is 98.9 cm³/mol. The normalized spacial score (nSPS) is 13.7. The van der Waals surface area contributed by atoms with E-state index in [1.807, 2.05) is 30.3 Å². The number of aryl methyl sites for hydroxylation is 1. The molecule has 1 N–H and O–H groups in total. The number of amides is 1. The quantitative estimate of drug-likeness (QED) is 0.503. The number of carbonyl (C=O) groups excluding carboxylic acids is 1. The molecule has 128 valence electrons. The lowest BCUT2D eigenvalue weighted by molar-refractivity contribution is -0.120. The summed E-state index contributed by atoms with van der Waals surface area (Å²) in [7, 11) is 0. The number of benzene rings is 1. The van der Waals surface area contributed by atoms with Crippen LogP contribution in [0.5, 0.6) is 0 Å². The van der Waals surface area contributed by atoms with E-state index in [4.69, 9.17) is 4.84 Å². The molecule has 0 saturated carbocycles. The number of rotatable bonds is 5. The lowest BCUT2D eigenvalue weighted by atomic mass is 10.1. The highest BCUT2D eigenvalue weighted by molar-refractivity contribution is 7.16. The lowest BCUT2D eigenvalue weighted by Crippen LogP contribution is -2.17. The molecule has 25 heavy (non-hydrogen) atoms. The molecule has 1 aliphatic rings. The Hall–Kier alpha value is -2.65. The second kappa shape index (κ2) is 8.45. The molecule has 0 unspecified atom stereocenters. The highest BCUT2D eigenvalue weighted by Gasteiger charge is 2.20. The molecule has 0 fully saturated rings. The molecule has 0 atom stereocenters. The van der Waals surface area contributed by atoms with Crippen molar-refractivity contribution in [3.63, 3.8) is 0 Å². The molecule has 5 nitrogen and oxygen atoms in total. The Morgan fingerprint density at radius 1 is 1.28 bits per heavy atom. The molecule has 1 amide bonds. The van der Waals surface area contributed by atoms with Gasteiger partial charge in [0.15, 0.2) is 6.61 Å². The number of hydrogen-bond acceptors (Lipinski definition) is 5. The van der Waals surface area contributed by atoms with Gasteiger partial charge in [-0.1, -0.05) is 41.9 Å². The highest BCUT2D eigenvalue weighted by atomic mass is 32.1. The Morgan fingerprint density at radius 2 is 2.08 bits per heavy atom. The molecular formula is C19H19N3O2S. The second-order valence-corrected chi connectivity index (χ2v) is 6.95. The van der Waals surface area contributed by atoms with Gasteiger partial charge in [0.05, 0.1) is 11.8 Å². The molecule has 0 radical (unpaired) electrons. The van der Waals surface area contributed by atoms with Gasteiger partial charge in [0.2, 0.25) is 0 Å². The topological polar surface area (TPSA) is 74.5 Å². The molecule has 1 aromatic carbocycles. The fraction of sp³-hybridized carbons (Fsp3) is 0.316. The second-order valence-electron chi connectivity index (χ2n) is 5.85. The summed E-state index contributed by atoms with van der Waals surface area (Å²) in [5, 5.41) is 16.7. The van der Waals surface area contributed by atoms with Gasteiger partial charge in [0, 0.05) is 4.88 Å². The molecule has 3 rings (SSSR count). The van der Waals surface area contributed by atoms with E-state index >= 15 is 0 Å². The number of nitriles is 1. The molecule has 1 heterocycles. The number of nitrogens with one attached hydrogen (secondary N) is 1. The minimum Gasteiger partial charge on any atom is -0.386 e. The Bertz CT molecular complexity index is 806. The first-order chi connectivity index (χ1) is 12.3. The van der Waals surface area contributed by atoms with Crippen molar-refractivity contribution < 1.29 is 9.63 Å². The van der Waals surface area contributed by atoms with Crippen molar-refractivity contribution in [2.45, 2.75) is 32.1 Å². The maximum Gasteiger partial charge on any atom is 0.265 e. The van der Waals surface area contributed by atoms with Gasteiger partial charge in [-0.25, -0.2) is 0 Å². The molecule has 6 heteroatoms. The fourth-order valence-electron chi connectivity index (χ4n) is 2.84. The van der Waals surface area contributed by atoms with Crippen molar-refractivity contribution in [1.82, 2.24) is 0 Å². The van der Waals surface area contributed by atoms with E-state index in [1.54, 1.807) is 6.21 Å². The summed E-state index contributed by atoms with van der Waals surface area (Å²) in [6.45, 7) is -0.184. The first kappa shape index (κ1) is 17.2. The first-order valence-electron chi connectivity index (χ1n) is 8.33. The molecule has 0 bridgehead atoms. The van der Waals surface area contributed by atoms with Crippen LogP contribution in [-0.4, -0.2) is 18.7 Å². The van der Waals surface area contributed by atoms with Crippen molar-refractivity contribution in [3.8, 4) is 6.07 Å². The van der Waals surface area contributed by atoms with Crippen LogP contribution in [0.3, 0.4) is 0 Å². The van der Waals surface area contributed by atoms with Crippen LogP contribution in [0, 0.1) is 11.3 Å². The maximum atomic E-state index is 12.1. The zero-order valence-electron chi connectivity index (χ0n) is 13.8. The van der Waals surface area contributed by atoms with Crippen LogP contribution in [0.2, 0.25) is 0 Å². The predicted octanol–water partition coefficient (Wildman–Crippen LogP) is 3.88. The van der Waals surface area contributed by atoms with Crippen molar-refractivity contribution in [2.75, 3.05) is 11.9 Å². The van der Waals surface area contributed by atoms with Crippen LogP contribution in [-0.2, 0) is 22.5 Å². The van der Waals surface area contributed by atoms with Crippen LogP contribution in [0.1, 0.15) is 40.8 Å². The van der Waals surface area contributed by atoms with E-state index in [-0.39, 0.29) is 12.5 Å². The summed E-state index contributed by atoms with van der Waals surface area (Å²) in [5.74, 6) is -0.307. The number of oxime groups is 1. The van der Waals surface area contributed by atoms with Crippen LogP contribution in [0.4, 0.5) is 5.00 Å². The average Bonchev–Trinajstić information content (AvgIpc) is 2.79. The third-order valence-corrected chi connectivity index (χ3v) is 5.26. The van der Waals surface area contributed by atoms with Crippen LogP contribution >= 0.6 is 11.3 Å². The van der Waals surface area contributed by atoms with E-state index < -0.39 is 0 Å². The van der Waals surface area contributed by atoms with E-state index in [1.165, 1.54) is 22.6 Å². The molecule has 0 saturated heterocycles. The third-order valence-electron chi connectivity index (χ3n) is 4.06. The molecule has 1 aromatic heterocycles. The molecule has 1 aliphatic carbocycles. The number of carbonyl (C=O) groups is 1. The van der Waals surface area contributed by atoms with E-state index in [0.29, 0.717) is 10.6 Å². The summed E-state index contributed by atoms with van der Waals surface area (Å²) in [6.07, 6.45) is 6.90. The van der Waals surface area contributed by atoms with E-state index in [9.17, 15) is 10.1 Å². The molecule has 0 spiro atoms. The van der Waals surface area contributed by atoms with Crippen molar-refractivity contribution in [1.29, 1.82) is 5.26 Å². The summed E-state index contributed by atoms with van der Waals surface area (Å²) >= 11 is 1.52. The lowest BCUT2D eigenvalue weighted by Gasteiger charge is -2.03. The molecule has 0 aliphatic heterocycles. The number of anilines is 1. The Morgan fingerprint density at radius 3 is 2.88 bits per heavy atom. The first-order valence-corrected chi connectivity index (χ1v) is 9.14. The smallest absolute Gasteiger partial charge is 0.265 e. The van der Waals surface area contributed by atoms with E-state index in [2.05, 4.69) is 16.5 Å². The van der Waals surface area contributed by atoms with Gasteiger partial charge in [0.25, 0.3) is 5.91 Å². The standard InChI is InChI=1S/C19H19N3O2S/c20-11-16-15-9-5-2-6-10-17(15)25-19(16)22-18(23)13-24-21-12-14-7-3-1-4-8-14/h1,3-4,7-8,12H,2,5-6,9-10,13H2,(H,22,23)/b21-12-. The van der Waals surface area contributed by atoms with Gasteiger partial charge >= 0.3 is 0 Å². The molecular weight excluding hydrogens is 334 g/mol. The summed E-state index contributed by atoms with van der Waals surface area (Å²) in [6, 6.07) is 11.8. The van der Waals surface area contributed by atoms with Crippen molar-refractivity contribution in [3.05, 3.63) is 51.9 Å². The zero-order chi connectivity index (χ0) is 17.5. The van der Waals surface area contributed by atoms with Crippen molar-refractivity contribution in [2.24, 2.45) is 5.16 Å². The van der Waals surface area contributed by atoms with Crippen LogP contribution in [0.25, 0.3) is 0 Å². The van der Waals surface area contributed by atoms with Gasteiger partial charge in [-0.15, -0.1) is 11.3 Å². The third kappa shape index (κ3) is 4.46. The number of hydrogen-bond donors (Lipinski definition) is 1. The van der Waals surface area contributed by atoms with Crippen molar-refractivity contribution >= 4 is 28.5 Å². The monoisotopic (exact) mass is 353 g/mol. The highest BCUT2D eigenvalue weighted by Crippen LogP contribution is 2.36. The number of nitrogens with zero attached hydrogens (tertiary/aromatic N) is 2. The van der Waals surface area contributed by atoms with E-state index in [0.717, 1.165) is 36.8 Å². The van der Waals surface area contributed by atoms with Gasteiger partial charge in [-0.05, 0) is 36.8 Å². The largest absolute Gasteiger partial charge is 0.386 e. The Kier molecular flexibility index (Phi) is 5.81. The number of fused-ring (bicyclic) bond motifs is 1. The summed E-state index contributed by atoms with van der Waals surface area (Å²) < 4.78 is 0. The Labute approximate surface area is 150 Å². The average molecular weight is 353 g/mol. The van der Waals surface area contributed by atoms with Gasteiger partial charge in [-0.3, -0.25) is 4.79 Å². The van der Waals surface area contributed by atoms with Crippen LogP contribution < -0.4 is 5.32 Å². The van der Waals surface area contributed by atoms with Gasteiger partial charge in [0.1, 0.15) is 11.1 Å². The SMILES string of the molecule is N#Cc1c(NC(=O)CO/N=C\c2ccccc2)sc2c1CCCCC2. The minimum absolute atomic E-state index is 0.184. The van der Waals surface area contributed by atoms with Crippen LogP contribution in [0.15, 0.2) is 35.5 Å². The zero-order valence-corrected chi connectivity index (χ0v) is 14.6. The summed E-state index contributed by atoms with van der Waals surface area (Å²) in [4.78, 5) is 18.3. The maximum absolute atomic E-state index is 12.1. The number of thiophene rings is 1. The van der Waals surface area contributed by atoms with Gasteiger partial charge in [-0.2, -0.15) is 5.26 Å².